The fraction of sp³-hybridized carbons (Fsp3) is 0.265. The van der Waals surface area contributed by atoms with E-state index in [4.69, 9.17) is 19.6 Å². The van der Waals surface area contributed by atoms with Crippen molar-refractivity contribution in [2.24, 2.45) is 0 Å². The van der Waals surface area contributed by atoms with Crippen LogP contribution < -0.4 is 5.32 Å². The molecule has 0 spiro atoms. The molecule has 1 aliphatic rings. The minimum absolute atomic E-state index is 0.0855. The zero-order valence-corrected chi connectivity index (χ0v) is 24.9. The monoisotopic (exact) mass is 595 g/mol. The van der Waals surface area contributed by atoms with Crippen LogP contribution in [0, 0.1) is 6.92 Å². The Hall–Kier alpha value is -4.31. The van der Waals surface area contributed by atoms with Gasteiger partial charge in [-0.25, -0.2) is 4.98 Å². The van der Waals surface area contributed by atoms with Gasteiger partial charge in [-0.05, 0) is 79.4 Å². The second kappa shape index (κ2) is 12.5. The standard InChI is InChI=1S/C34H33N3O5S/c1-21-9-14-28-31(17-21)43-34(36-28)23-10-12-25(13-11-23)35-33(40)30-18-24(19-32(42-30)41-16-6-5-15-38)27-20-37(22(2)39)29-8-4-3-7-26(27)29/h3-4,7-14,17-18,20,24,32,38H,5-6,15-16,19H2,1-2H3,(H,35,40). The second-order valence-electron chi connectivity index (χ2n) is 10.7. The lowest BCUT2D eigenvalue weighted by molar-refractivity contribution is -0.143. The first-order valence-corrected chi connectivity index (χ1v) is 15.2. The Labute approximate surface area is 253 Å². The number of para-hydroxylation sites is 1. The highest BCUT2D eigenvalue weighted by Crippen LogP contribution is 2.37. The Morgan fingerprint density at radius 1 is 1.12 bits per heavy atom. The molecule has 9 heteroatoms. The number of benzene rings is 3. The van der Waals surface area contributed by atoms with Gasteiger partial charge in [0.2, 0.25) is 12.2 Å². The van der Waals surface area contributed by atoms with Gasteiger partial charge in [0.25, 0.3) is 5.91 Å². The number of thiazole rings is 1. The number of aryl methyl sites for hydroxylation is 1. The predicted octanol–water partition coefficient (Wildman–Crippen LogP) is 7.03. The Morgan fingerprint density at radius 3 is 2.72 bits per heavy atom. The van der Waals surface area contributed by atoms with Crippen LogP contribution in [0.25, 0.3) is 31.7 Å². The molecule has 2 atom stereocenters. The first-order valence-electron chi connectivity index (χ1n) is 14.4. The molecule has 0 bridgehead atoms. The lowest BCUT2D eigenvalue weighted by Gasteiger charge is -2.29. The summed E-state index contributed by atoms with van der Waals surface area (Å²) in [6.07, 6.45) is 4.79. The molecule has 2 unspecified atom stereocenters. The quantitative estimate of drug-likeness (QED) is 0.177. The van der Waals surface area contributed by atoms with Crippen molar-refractivity contribution < 1.29 is 24.2 Å². The lowest BCUT2D eigenvalue weighted by atomic mass is 9.92. The molecule has 8 nitrogen and oxygen atoms in total. The lowest BCUT2D eigenvalue weighted by Crippen LogP contribution is -2.29. The minimum atomic E-state index is -0.654. The maximum Gasteiger partial charge on any atom is 0.290 e. The molecule has 0 aliphatic carbocycles. The molecule has 5 aromatic rings. The van der Waals surface area contributed by atoms with Crippen LogP contribution in [-0.4, -0.2) is 46.0 Å². The summed E-state index contributed by atoms with van der Waals surface area (Å²) in [6, 6.07) is 21.6. The molecule has 3 heterocycles. The van der Waals surface area contributed by atoms with Crippen LogP contribution in [0.2, 0.25) is 0 Å². The SMILES string of the molecule is CC(=O)n1cc(C2C=C(C(=O)Nc3ccc(-c4nc5ccc(C)cc5s4)cc3)OC(OCCCCO)C2)c2ccccc21. The number of aliphatic hydroxyl groups is 1. The number of anilines is 1. The average Bonchev–Trinajstić information content (AvgIpc) is 3.61. The molecule has 2 N–H and O–H groups in total. The number of ether oxygens (including phenoxy) is 2. The van der Waals surface area contributed by atoms with E-state index in [1.54, 1.807) is 15.9 Å². The molecule has 6 rings (SSSR count). The molecule has 220 valence electrons. The van der Waals surface area contributed by atoms with Gasteiger partial charge in [0.1, 0.15) is 5.01 Å². The van der Waals surface area contributed by atoms with Gasteiger partial charge in [-0.1, -0.05) is 24.3 Å². The number of nitrogens with one attached hydrogen (secondary N) is 1. The third kappa shape index (κ3) is 6.24. The number of rotatable bonds is 9. The molecule has 43 heavy (non-hydrogen) atoms. The van der Waals surface area contributed by atoms with E-state index in [9.17, 15) is 9.59 Å². The maximum atomic E-state index is 13.5. The van der Waals surface area contributed by atoms with Crippen molar-refractivity contribution in [3.05, 3.63) is 95.9 Å². The van der Waals surface area contributed by atoms with Gasteiger partial charge in [-0.2, -0.15) is 0 Å². The van der Waals surface area contributed by atoms with Crippen LogP contribution in [0.4, 0.5) is 5.69 Å². The molecule has 3 aromatic carbocycles. The fourth-order valence-electron chi connectivity index (χ4n) is 5.37. The highest BCUT2D eigenvalue weighted by Gasteiger charge is 2.31. The molecule has 0 saturated carbocycles. The van der Waals surface area contributed by atoms with Crippen LogP contribution >= 0.6 is 11.3 Å². The summed E-state index contributed by atoms with van der Waals surface area (Å²) in [5.41, 5.74) is 5.52. The van der Waals surface area contributed by atoms with Crippen LogP contribution in [0.15, 0.2) is 84.8 Å². The Bertz CT molecular complexity index is 1820. The number of amides is 1. The summed E-state index contributed by atoms with van der Waals surface area (Å²) < 4.78 is 14.8. The number of carbonyl (C=O) groups excluding carboxylic acids is 2. The van der Waals surface area contributed by atoms with Crippen LogP contribution in [-0.2, 0) is 14.3 Å². The normalized spacial score (nSPS) is 16.7. The number of aromatic nitrogens is 2. The summed E-state index contributed by atoms with van der Waals surface area (Å²) in [4.78, 5) is 30.6. The Morgan fingerprint density at radius 2 is 1.93 bits per heavy atom. The predicted molar refractivity (Wildman–Crippen MR) is 169 cm³/mol. The van der Waals surface area contributed by atoms with E-state index in [0.717, 1.165) is 37.3 Å². The van der Waals surface area contributed by atoms with Crippen molar-refractivity contribution in [1.82, 2.24) is 9.55 Å². The van der Waals surface area contributed by atoms with Crippen LogP contribution in [0.1, 0.15) is 48.0 Å². The Balaban J connectivity index is 1.24. The highest BCUT2D eigenvalue weighted by atomic mass is 32.1. The fourth-order valence-corrected chi connectivity index (χ4v) is 6.44. The molecule has 0 fully saturated rings. The van der Waals surface area contributed by atoms with E-state index in [-0.39, 0.29) is 30.1 Å². The molecule has 1 amide bonds. The van der Waals surface area contributed by atoms with E-state index in [0.29, 0.717) is 31.6 Å². The molecule has 0 radical (unpaired) electrons. The van der Waals surface area contributed by atoms with Gasteiger partial charge in [-0.3, -0.25) is 14.2 Å². The molecular formula is C34H33N3O5S. The first kappa shape index (κ1) is 28.8. The zero-order valence-electron chi connectivity index (χ0n) is 24.1. The van der Waals surface area contributed by atoms with E-state index >= 15 is 0 Å². The van der Waals surface area contributed by atoms with Crippen molar-refractivity contribution in [3.8, 4) is 10.6 Å². The number of hydrogen-bond donors (Lipinski definition) is 2. The van der Waals surface area contributed by atoms with E-state index < -0.39 is 6.29 Å². The first-order chi connectivity index (χ1) is 20.9. The number of carbonyl (C=O) groups is 2. The smallest absolute Gasteiger partial charge is 0.290 e. The van der Waals surface area contributed by atoms with Crippen molar-refractivity contribution in [3.63, 3.8) is 0 Å². The number of aliphatic hydroxyl groups excluding tert-OH is 1. The molecule has 1 aliphatic heterocycles. The summed E-state index contributed by atoms with van der Waals surface area (Å²) >= 11 is 1.64. The van der Waals surface area contributed by atoms with E-state index in [1.165, 1.54) is 12.5 Å². The summed E-state index contributed by atoms with van der Waals surface area (Å²) in [5, 5.41) is 14.0. The van der Waals surface area contributed by atoms with Crippen molar-refractivity contribution in [2.45, 2.75) is 45.3 Å². The largest absolute Gasteiger partial charge is 0.459 e. The summed E-state index contributed by atoms with van der Waals surface area (Å²) in [5.74, 6) is -0.522. The van der Waals surface area contributed by atoms with Gasteiger partial charge in [0.15, 0.2) is 5.76 Å². The third-order valence-corrected chi connectivity index (χ3v) is 8.62. The number of fused-ring (bicyclic) bond motifs is 2. The van der Waals surface area contributed by atoms with Crippen molar-refractivity contribution in [1.29, 1.82) is 0 Å². The maximum absolute atomic E-state index is 13.5. The number of unbranched alkanes of at least 4 members (excludes halogenated alkanes) is 1. The van der Waals surface area contributed by atoms with E-state index in [1.807, 2.05) is 66.9 Å². The Kier molecular flexibility index (Phi) is 8.38. The topological polar surface area (TPSA) is 103 Å². The van der Waals surface area contributed by atoms with Crippen LogP contribution in [0.3, 0.4) is 0 Å². The summed E-state index contributed by atoms with van der Waals surface area (Å²) in [6.45, 7) is 4.09. The van der Waals surface area contributed by atoms with Gasteiger partial charge < -0.3 is 19.9 Å². The number of nitrogens with zero attached hydrogens (tertiary/aromatic N) is 2. The molecular weight excluding hydrogens is 562 g/mol. The molecule has 2 aromatic heterocycles. The van der Waals surface area contributed by atoms with Gasteiger partial charge in [0.05, 0.1) is 22.3 Å². The van der Waals surface area contributed by atoms with Crippen LogP contribution in [0.5, 0.6) is 0 Å². The third-order valence-electron chi connectivity index (χ3n) is 7.55. The van der Waals surface area contributed by atoms with Gasteiger partial charge >= 0.3 is 0 Å². The minimum Gasteiger partial charge on any atom is -0.459 e. The van der Waals surface area contributed by atoms with Crippen molar-refractivity contribution >= 4 is 50.0 Å². The second-order valence-corrected chi connectivity index (χ2v) is 11.8. The van der Waals surface area contributed by atoms with Gasteiger partial charge in [-0.15, -0.1) is 11.3 Å². The number of hydrogen-bond acceptors (Lipinski definition) is 7. The number of allylic oxidation sites excluding steroid dienone is 1. The average molecular weight is 596 g/mol. The summed E-state index contributed by atoms with van der Waals surface area (Å²) in [7, 11) is 0. The van der Waals surface area contributed by atoms with E-state index in [2.05, 4.69) is 24.4 Å². The van der Waals surface area contributed by atoms with Gasteiger partial charge in [0, 0.05) is 48.7 Å². The zero-order chi connectivity index (χ0) is 29.9. The highest BCUT2D eigenvalue weighted by molar-refractivity contribution is 7.21. The molecule has 0 saturated heterocycles. The van der Waals surface area contributed by atoms with Crippen molar-refractivity contribution in [2.75, 3.05) is 18.5 Å².